The van der Waals surface area contributed by atoms with Gasteiger partial charge in [-0.1, -0.05) is 0 Å². The van der Waals surface area contributed by atoms with E-state index in [0.717, 1.165) is 29.6 Å². The van der Waals surface area contributed by atoms with E-state index in [2.05, 4.69) is 10.1 Å². The van der Waals surface area contributed by atoms with Crippen LogP contribution in [0, 0.1) is 0 Å². The molecule has 1 atom stereocenters. The zero-order valence-corrected chi connectivity index (χ0v) is 12.9. The van der Waals surface area contributed by atoms with E-state index in [1.807, 2.05) is 46.1 Å². The Kier molecular flexibility index (Phi) is 3.29. The number of benzene rings is 1. The number of aromatic amines is 1. The van der Waals surface area contributed by atoms with Crippen molar-refractivity contribution in [2.75, 3.05) is 20.2 Å². The van der Waals surface area contributed by atoms with Gasteiger partial charge in [0.1, 0.15) is 11.4 Å². The van der Waals surface area contributed by atoms with Gasteiger partial charge in [-0.15, -0.1) is 0 Å². The Morgan fingerprint density at radius 1 is 1.39 bits per heavy atom. The number of H-pyrrole nitrogens is 1. The molecular weight excluding hydrogens is 292 g/mol. The van der Waals surface area contributed by atoms with Crippen molar-refractivity contribution >= 4 is 16.8 Å². The van der Waals surface area contributed by atoms with Gasteiger partial charge in [-0.2, -0.15) is 5.10 Å². The fraction of sp³-hybridized carbons (Fsp3) is 0.294. The van der Waals surface area contributed by atoms with Crippen molar-refractivity contribution in [2.45, 2.75) is 12.5 Å². The third kappa shape index (κ3) is 2.46. The van der Waals surface area contributed by atoms with E-state index >= 15 is 0 Å². The standard InChI is InChI=1S/C17H18N4O2/c1-23-14-4-3-12-9-16(19-15(12)10-14)17(22)20-8-5-13(11-20)21-7-2-6-18-21/h2-4,6-7,9-10,13,19H,5,8,11H2,1H3. The lowest BCUT2D eigenvalue weighted by Crippen LogP contribution is -2.29. The maximum atomic E-state index is 12.7. The third-order valence-corrected chi connectivity index (χ3v) is 4.41. The first-order valence-electron chi connectivity index (χ1n) is 7.70. The highest BCUT2D eigenvalue weighted by Gasteiger charge is 2.29. The van der Waals surface area contributed by atoms with Gasteiger partial charge in [0.2, 0.25) is 0 Å². The number of methoxy groups -OCH3 is 1. The van der Waals surface area contributed by atoms with E-state index < -0.39 is 0 Å². The maximum Gasteiger partial charge on any atom is 0.270 e. The molecule has 118 valence electrons. The molecule has 0 radical (unpaired) electrons. The molecule has 0 aliphatic carbocycles. The average Bonchev–Trinajstić information content (AvgIpc) is 3.31. The Morgan fingerprint density at radius 3 is 3.09 bits per heavy atom. The molecule has 3 heterocycles. The summed E-state index contributed by atoms with van der Waals surface area (Å²) in [5, 5.41) is 5.29. The molecule has 6 heteroatoms. The predicted molar refractivity (Wildman–Crippen MR) is 86.6 cm³/mol. The lowest BCUT2D eigenvalue weighted by atomic mass is 10.2. The minimum Gasteiger partial charge on any atom is -0.497 e. The van der Waals surface area contributed by atoms with Gasteiger partial charge in [-0.25, -0.2) is 0 Å². The minimum atomic E-state index is 0.0369. The van der Waals surface area contributed by atoms with Crippen molar-refractivity contribution in [3.8, 4) is 5.75 Å². The Bertz CT molecular complexity index is 838. The SMILES string of the molecule is COc1ccc2cc(C(=O)N3CCC(n4cccn4)C3)[nH]c2c1. The lowest BCUT2D eigenvalue weighted by molar-refractivity contribution is 0.0782. The second-order valence-electron chi connectivity index (χ2n) is 5.82. The summed E-state index contributed by atoms with van der Waals surface area (Å²) in [7, 11) is 1.63. The number of amides is 1. The van der Waals surface area contributed by atoms with Gasteiger partial charge in [0, 0.05) is 42.5 Å². The monoisotopic (exact) mass is 310 g/mol. The third-order valence-electron chi connectivity index (χ3n) is 4.41. The Hall–Kier alpha value is -2.76. The quantitative estimate of drug-likeness (QED) is 0.808. The summed E-state index contributed by atoms with van der Waals surface area (Å²) in [6, 6.07) is 9.83. The van der Waals surface area contributed by atoms with Crippen LogP contribution < -0.4 is 4.74 Å². The predicted octanol–water partition coefficient (Wildman–Crippen LogP) is 2.46. The Labute approximate surface area is 133 Å². The van der Waals surface area contributed by atoms with Gasteiger partial charge in [0.05, 0.1) is 13.2 Å². The first kappa shape index (κ1) is 13.9. The first-order chi connectivity index (χ1) is 11.2. The van der Waals surface area contributed by atoms with Gasteiger partial charge in [0.25, 0.3) is 5.91 Å². The second kappa shape index (κ2) is 5.46. The molecule has 1 aromatic carbocycles. The van der Waals surface area contributed by atoms with E-state index in [0.29, 0.717) is 12.2 Å². The van der Waals surface area contributed by atoms with E-state index in [1.165, 1.54) is 0 Å². The first-order valence-corrected chi connectivity index (χ1v) is 7.70. The number of hydrogen-bond donors (Lipinski definition) is 1. The smallest absolute Gasteiger partial charge is 0.270 e. The van der Waals surface area contributed by atoms with Crippen molar-refractivity contribution in [3.05, 3.63) is 48.4 Å². The second-order valence-corrected chi connectivity index (χ2v) is 5.82. The van der Waals surface area contributed by atoms with Crippen molar-refractivity contribution in [1.29, 1.82) is 0 Å². The number of ether oxygens (including phenoxy) is 1. The number of likely N-dealkylation sites (tertiary alicyclic amines) is 1. The zero-order valence-electron chi connectivity index (χ0n) is 12.9. The summed E-state index contributed by atoms with van der Waals surface area (Å²) in [6.45, 7) is 1.45. The van der Waals surface area contributed by atoms with Crippen LogP contribution in [0.2, 0.25) is 0 Å². The number of rotatable bonds is 3. The molecular formula is C17H18N4O2. The minimum absolute atomic E-state index is 0.0369. The summed E-state index contributed by atoms with van der Waals surface area (Å²) >= 11 is 0. The van der Waals surface area contributed by atoms with E-state index in [9.17, 15) is 4.79 Å². The number of fused-ring (bicyclic) bond motifs is 1. The van der Waals surface area contributed by atoms with Crippen LogP contribution in [-0.2, 0) is 0 Å². The normalized spacial score (nSPS) is 17.8. The van der Waals surface area contributed by atoms with Crippen LogP contribution in [0.15, 0.2) is 42.7 Å². The van der Waals surface area contributed by atoms with E-state index in [4.69, 9.17) is 4.74 Å². The zero-order chi connectivity index (χ0) is 15.8. The van der Waals surface area contributed by atoms with Gasteiger partial charge in [0.15, 0.2) is 0 Å². The highest BCUT2D eigenvalue weighted by Crippen LogP contribution is 2.25. The lowest BCUT2D eigenvalue weighted by Gasteiger charge is -2.15. The Balaban J connectivity index is 1.55. The van der Waals surface area contributed by atoms with Crippen molar-refractivity contribution < 1.29 is 9.53 Å². The fourth-order valence-electron chi connectivity index (χ4n) is 3.16. The van der Waals surface area contributed by atoms with Crippen LogP contribution in [0.4, 0.5) is 0 Å². The summed E-state index contributed by atoms with van der Waals surface area (Å²) in [5.41, 5.74) is 1.53. The molecule has 1 saturated heterocycles. The molecule has 1 N–H and O–H groups in total. The molecule has 1 aliphatic heterocycles. The van der Waals surface area contributed by atoms with Crippen molar-refractivity contribution in [3.63, 3.8) is 0 Å². The van der Waals surface area contributed by atoms with Crippen molar-refractivity contribution in [2.24, 2.45) is 0 Å². The summed E-state index contributed by atoms with van der Waals surface area (Å²) < 4.78 is 7.16. The molecule has 23 heavy (non-hydrogen) atoms. The highest BCUT2D eigenvalue weighted by molar-refractivity contribution is 5.98. The molecule has 1 unspecified atom stereocenters. The van der Waals surface area contributed by atoms with Gasteiger partial charge >= 0.3 is 0 Å². The van der Waals surface area contributed by atoms with Gasteiger partial charge in [-0.3, -0.25) is 9.48 Å². The summed E-state index contributed by atoms with van der Waals surface area (Å²) in [6.07, 6.45) is 4.66. The van der Waals surface area contributed by atoms with Gasteiger partial charge < -0.3 is 14.6 Å². The van der Waals surface area contributed by atoms with Crippen LogP contribution >= 0.6 is 0 Å². The molecule has 3 aromatic rings. The van der Waals surface area contributed by atoms with E-state index in [-0.39, 0.29) is 11.9 Å². The molecule has 0 spiro atoms. The molecule has 0 bridgehead atoms. The number of carbonyl (C=O) groups is 1. The number of nitrogens with zero attached hydrogens (tertiary/aromatic N) is 3. The Morgan fingerprint density at radius 2 is 2.30 bits per heavy atom. The largest absolute Gasteiger partial charge is 0.497 e. The fourth-order valence-corrected chi connectivity index (χ4v) is 3.16. The number of carbonyl (C=O) groups excluding carboxylic acids is 1. The van der Waals surface area contributed by atoms with Gasteiger partial charge in [-0.05, 0) is 30.7 Å². The van der Waals surface area contributed by atoms with Crippen LogP contribution in [0.1, 0.15) is 23.0 Å². The number of nitrogens with one attached hydrogen (secondary N) is 1. The topological polar surface area (TPSA) is 63.1 Å². The molecule has 2 aromatic heterocycles. The summed E-state index contributed by atoms with van der Waals surface area (Å²) in [5.74, 6) is 0.813. The molecule has 0 saturated carbocycles. The number of hydrogen-bond acceptors (Lipinski definition) is 3. The molecule has 1 fully saturated rings. The highest BCUT2D eigenvalue weighted by atomic mass is 16.5. The molecule has 6 nitrogen and oxygen atoms in total. The molecule has 1 amide bonds. The molecule has 1 aliphatic rings. The summed E-state index contributed by atoms with van der Waals surface area (Å²) in [4.78, 5) is 17.8. The molecule has 4 rings (SSSR count). The van der Waals surface area contributed by atoms with Crippen molar-refractivity contribution in [1.82, 2.24) is 19.7 Å². The van der Waals surface area contributed by atoms with Crippen LogP contribution in [0.5, 0.6) is 5.75 Å². The number of aromatic nitrogens is 3. The van der Waals surface area contributed by atoms with Crippen LogP contribution in [0.25, 0.3) is 10.9 Å². The average molecular weight is 310 g/mol. The van der Waals surface area contributed by atoms with Crippen LogP contribution in [-0.4, -0.2) is 45.8 Å². The van der Waals surface area contributed by atoms with E-state index in [1.54, 1.807) is 13.3 Å². The van der Waals surface area contributed by atoms with Crippen LogP contribution in [0.3, 0.4) is 0 Å². The maximum absolute atomic E-state index is 12.7.